The molecule has 0 amide bonds. The summed E-state index contributed by atoms with van der Waals surface area (Å²) in [5.74, 6) is 0. The van der Waals surface area contributed by atoms with E-state index in [4.69, 9.17) is 9.47 Å². The van der Waals surface area contributed by atoms with E-state index in [0.29, 0.717) is 26.4 Å². The molecule has 0 aliphatic carbocycles. The van der Waals surface area contributed by atoms with Crippen LogP contribution in [0.2, 0.25) is 0 Å². The number of rotatable bonds is 10. The van der Waals surface area contributed by atoms with Crippen LogP contribution in [0, 0.1) is 0 Å². The molecule has 0 saturated carbocycles. The van der Waals surface area contributed by atoms with E-state index >= 15 is 0 Å². The Hall–Kier alpha value is -0.460. The summed E-state index contributed by atoms with van der Waals surface area (Å²) < 4.78 is 10.1. The van der Waals surface area contributed by atoms with Gasteiger partial charge < -0.3 is 19.9 Å². The van der Waals surface area contributed by atoms with Crippen molar-refractivity contribution in [3.63, 3.8) is 0 Å². The molecule has 0 aromatic carbocycles. The summed E-state index contributed by atoms with van der Waals surface area (Å²) in [7, 11) is 1.63. The van der Waals surface area contributed by atoms with Crippen LogP contribution in [0.5, 0.6) is 0 Å². The van der Waals surface area contributed by atoms with Gasteiger partial charge in [0.2, 0.25) is 0 Å². The van der Waals surface area contributed by atoms with Crippen LogP contribution >= 0.6 is 11.3 Å². The molecule has 1 aromatic heterocycles. The van der Waals surface area contributed by atoms with Gasteiger partial charge in [-0.2, -0.15) is 0 Å². The maximum absolute atomic E-state index is 9.65. The minimum atomic E-state index is -0.465. The second kappa shape index (κ2) is 9.47. The van der Waals surface area contributed by atoms with Crippen molar-refractivity contribution in [2.24, 2.45) is 0 Å². The molecule has 104 valence electrons. The quantitative estimate of drug-likeness (QED) is 0.633. The topological polar surface area (TPSA) is 50.7 Å². The fourth-order valence-electron chi connectivity index (χ4n) is 1.49. The zero-order valence-corrected chi connectivity index (χ0v) is 12.0. The van der Waals surface area contributed by atoms with Crippen molar-refractivity contribution in [1.82, 2.24) is 5.32 Å². The monoisotopic (exact) mass is 273 g/mol. The first-order valence-electron chi connectivity index (χ1n) is 6.29. The van der Waals surface area contributed by atoms with E-state index in [1.165, 1.54) is 9.75 Å². The summed E-state index contributed by atoms with van der Waals surface area (Å²) in [5, 5.41) is 12.9. The van der Waals surface area contributed by atoms with Gasteiger partial charge in [-0.15, -0.1) is 11.3 Å². The van der Waals surface area contributed by atoms with Crippen LogP contribution in [0.4, 0.5) is 0 Å². The molecule has 1 atom stereocenters. The van der Waals surface area contributed by atoms with E-state index in [1.807, 2.05) is 11.3 Å². The van der Waals surface area contributed by atoms with Crippen LogP contribution in [0.25, 0.3) is 0 Å². The Balaban J connectivity index is 2.05. The number of nitrogens with one attached hydrogen (secondary N) is 1. The Kier molecular flexibility index (Phi) is 8.20. The molecule has 1 aromatic rings. The van der Waals surface area contributed by atoms with Crippen LogP contribution < -0.4 is 5.32 Å². The SMILES string of the molecule is CCc1ccc(CNCC(O)COCCOC)s1. The summed E-state index contributed by atoms with van der Waals surface area (Å²) in [6.07, 6.45) is 0.619. The second-order valence-electron chi connectivity index (χ2n) is 4.07. The molecule has 0 fully saturated rings. The molecule has 0 spiro atoms. The third-order valence-corrected chi connectivity index (χ3v) is 3.72. The summed E-state index contributed by atoms with van der Waals surface area (Å²) in [6.45, 7) is 4.95. The number of aryl methyl sites for hydroxylation is 1. The van der Waals surface area contributed by atoms with Crippen LogP contribution in [0.3, 0.4) is 0 Å². The van der Waals surface area contributed by atoms with Gasteiger partial charge in [-0.3, -0.25) is 0 Å². The summed E-state index contributed by atoms with van der Waals surface area (Å²) >= 11 is 1.82. The number of aliphatic hydroxyl groups excluding tert-OH is 1. The van der Waals surface area contributed by atoms with E-state index < -0.39 is 6.10 Å². The highest BCUT2D eigenvalue weighted by atomic mass is 32.1. The fourth-order valence-corrected chi connectivity index (χ4v) is 2.42. The Morgan fingerprint density at radius 3 is 2.78 bits per heavy atom. The average Bonchev–Trinajstić information content (AvgIpc) is 2.83. The number of hydrogen-bond donors (Lipinski definition) is 2. The van der Waals surface area contributed by atoms with Gasteiger partial charge >= 0.3 is 0 Å². The number of thiophene rings is 1. The molecule has 0 saturated heterocycles. The average molecular weight is 273 g/mol. The Labute approximate surface area is 113 Å². The first kappa shape index (κ1) is 15.6. The summed E-state index contributed by atoms with van der Waals surface area (Å²) in [4.78, 5) is 2.70. The van der Waals surface area contributed by atoms with Crippen LogP contribution in [-0.2, 0) is 22.4 Å². The third-order valence-electron chi connectivity index (χ3n) is 2.49. The molecule has 0 bridgehead atoms. The zero-order valence-electron chi connectivity index (χ0n) is 11.1. The molecule has 5 heteroatoms. The second-order valence-corrected chi connectivity index (χ2v) is 5.33. The van der Waals surface area contributed by atoms with Gasteiger partial charge in [0.1, 0.15) is 0 Å². The predicted octanol–water partition coefficient (Wildman–Crippen LogP) is 1.42. The third kappa shape index (κ3) is 6.47. The number of ether oxygens (including phenoxy) is 2. The van der Waals surface area contributed by atoms with E-state index in [2.05, 4.69) is 24.4 Å². The maximum atomic E-state index is 9.65. The van der Waals surface area contributed by atoms with E-state index in [1.54, 1.807) is 7.11 Å². The summed E-state index contributed by atoms with van der Waals surface area (Å²) in [6, 6.07) is 4.30. The molecular weight excluding hydrogens is 250 g/mol. The minimum absolute atomic E-state index is 0.348. The molecule has 4 nitrogen and oxygen atoms in total. The lowest BCUT2D eigenvalue weighted by molar-refractivity contribution is 0.0137. The van der Waals surface area contributed by atoms with E-state index in [-0.39, 0.29) is 0 Å². The van der Waals surface area contributed by atoms with Gasteiger partial charge in [0.05, 0.1) is 25.9 Å². The molecular formula is C13H23NO3S. The van der Waals surface area contributed by atoms with Crippen LogP contribution in [-0.4, -0.2) is 44.7 Å². The zero-order chi connectivity index (χ0) is 13.2. The van der Waals surface area contributed by atoms with Crippen molar-refractivity contribution in [2.75, 3.05) is 33.5 Å². The first-order chi connectivity index (χ1) is 8.76. The number of aliphatic hydroxyl groups is 1. The molecule has 0 aliphatic heterocycles. The van der Waals surface area contributed by atoms with Crippen molar-refractivity contribution < 1.29 is 14.6 Å². The smallest absolute Gasteiger partial charge is 0.0897 e. The standard InChI is InChI=1S/C13H23NO3S/c1-3-12-4-5-13(18-12)9-14-8-11(15)10-17-7-6-16-2/h4-5,11,14-15H,3,6-10H2,1-2H3. The molecule has 0 radical (unpaired) electrons. The molecule has 1 heterocycles. The van der Waals surface area contributed by atoms with Crippen molar-refractivity contribution in [3.05, 3.63) is 21.9 Å². The molecule has 2 N–H and O–H groups in total. The predicted molar refractivity (Wildman–Crippen MR) is 74.1 cm³/mol. The number of methoxy groups -OCH3 is 1. The molecule has 1 rings (SSSR count). The van der Waals surface area contributed by atoms with Crippen LogP contribution in [0.15, 0.2) is 12.1 Å². The Bertz CT molecular complexity index is 317. The van der Waals surface area contributed by atoms with Gasteiger partial charge in [0, 0.05) is 30.0 Å². The van der Waals surface area contributed by atoms with Gasteiger partial charge in [0.25, 0.3) is 0 Å². The highest BCUT2D eigenvalue weighted by Crippen LogP contribution is 2.16. The first-order valence-corrected chi connectivity index (χ1v) is 7.11. The van der Waals surface area contributed by atoms with Crippen molar-refractivity contribution in [1.29, 1.82) is 0 Å². The van der Waals surface area contributed by atoms with Crippen molar-refractivity contribution in [3.8, 4) is 0 Å². The van der Waals surface area contributed by atoms with Crippen molar-refractivity contribution in [2.45, 2.75) is 26.0 Å². The highest BCUT2D eigenvalue weighted by Gasteiger charge is 2.04. The largest absolute Gasteiger partial charge is 0.389 e. The van der Waals surface area contributed by atoms with Crippen molar-refractivity contribution >= 4 is 11.3 Å². The highest BCUT2D eigenvalue weighted by molar-refractivity contribution is 7.11. The summed E-state index contributed by atoms with van der Waals surface area (Å²) in [5.41, 5.74) is 0. The lowest BCUT2D eigenvalue weighted by atomic mass is 10.3. The minimum Gasteiger partial charge on any atom is -0.389 e. The Morgan fingerprint density at radius 1 is 1.33 bits per heavy atom. The molecule has 1 unspecified atom stereocenters. The van der Waals surface area contributed by atoms with Gasteiger partial charge in [-0.25, -0.2) is 0 Å². The normalized spacial score (nSPS) is 12.8. The molecule has 0 aliphatic rings. The Morgan fingerprint density at radius 2 is 2.11 bits per heavy atom. The van der Waals surface area contributed by atoms with E-state index in [0.717, 1.165) is 13.0 Å². The van der Waals surface area contributed by atoms with Gasteiger partial charge in [0.15, 0.2) is 0 Å². The maximum Gasteiger partial charge on any atom is 0.0897 e. The van der Waals surface area contributed by atoms with Gasteiger partial charge in [-0.1, -0.05) is 6.92 Å². The molecule has 18 heavy (non-hydrogen) atoms. The van der Waals surface area contributed by atoms with Gasteiger partial charge in [-0.05, 0) is 18.6 Å². The fraction of sp³-hybridized carbons (Fsp3) is 0.692. The lowest BCUT2D eigenvalue weighted by Gasteiger charge is -2.11. The van der Waals surface area contributed by atoms with Crippen LogP contribution in [0.1, 0.15) is 16.7 Å². The number of hydrogen-bond acceptors (Lipinski definition) is 5. The van der Waals surface area contributed by atoms with E-state index in [9.17, 15) is 5.11 Å². The lowest BCUT2D eigenvalue weighted by Crippen LogP contribution is -2.30.